The van der Waals surface area contributed by atoms with E-state index in [9.17, 15) is 4.79 Å². The van der Waals surface area contributed by atoms with Gasteiger partial charge < -0.3 is 9.84 Å². The fourth-order valence-electron chi connectivity index (χ4n) is 1.45. The van der Waals surface area contributed by atoms with Crippen molar-refractivity contribution in [2.45, 2.75) is 13.3 Å². The molecule has 0 amide bonds. The van der Waals surface area contributed by atoms with Gasteiger partial charge in [0.1, 0.15) is 9.88 Å². The zero-order valence-corrected chi connectivity index (χ0v) is 9.13. The topological polar surface area (TPSA) is 59.4 Å². The molecule has 1 aromatic rings. The molecule has 5 heteroatoms. The van der Waals surface area contributed by atoms with Gasteiger partial charge in [0.05, 0.1) is 18.9 Å². The van der Waals surface area contributed by atoms with Gasteiger partial charge in [-0.25, -0.2) is 9.78 Å². The fraction of sp³-hybridized carbons (Fsp3) is 0.400. The van der Waals surface area contributed by atoms with Crippen molar-refractivity contribution in [2.24, 2.45) is 0 Å². The third-order valence-electron chi connectivity index (χ3n) is 2.23. The summed E-state index contributed by atoms with van der Waals surface area (Å²) in [6.07, 6.45) is 2.78. The quantitative estimate of drug-likeness (QED) is 0.835. The van der Waals surface area contributed by atoms with Crippen LogP contribution in [0.15, 0.2) is 6.08 Å². The zero-order chi connectivity index (χ0) is 10.8. The Morgan fingerprint density at radius 3 is 3.00 bits per heavy atom. The first kappa shape index (κ1) is 10.3. The SMILES string of the molecule is Cc1nc(C2=CCOCC2)sc1C(=O)O. The number of nitrogens with zero attached hydrogens (tertiary/aromatic N) is 1. The van der Waals surface area contributed by atoms with E-state index in [-0.39, 0.29) is 0 Å². The molecule has 1 aliphatic heterocycles. The van der Waals surface area contributed by atoms with Crippen LogP contribution in [-0.2, 0) is 4.74 Å². The average Bonchev–Trinajstić information content (AvgIpc) is 2.62. The lowest BCUT2D eigenvalue weighted by Gasteiger charge is -2.10. The molecular formula is C10H11NO3S. The summed E-state index contributed by atoms with van der Waals surface area (Å²) in [5, 5.41) is 9.72. The molecule has 1 aliphatic rings. The summed E-state index contributed by atoms with van der Waals surface area (Å²) < 4.78 is 5.19. The highest BCUT2D eigenvalue weighted by Gasteiger charge is 2.17. The van der Waals surface area contributed by atoms with Gasteiger partial charge in [-0.1, -0.05) is 6.08 Å². The molecule has 0 saturated heterocycles. The molecule has 0 spiro atoms. The summed E-state index contributed by atoms with van der Waals surface area (Å²) in [6.45, 7) is 3.01. The van der Waals surface area contributed by atoms with E-state index >= 15 is 0 Å². The molecule has 15 heavy (non-hydrogen) atoms. The summed E-state index contributed by atoms with van der Waals surface area (Å²) in [7, 11) is 0. The zero-order valence-electron chi connectivity index (χ0n) is 8.32. The molecule has 0 aromatic carbocycles. The molecule has 0 atom stereocenters. The number of ether oxygens (including phenoxy) is 1. The number of hydrogen-bond acceptors (Lipinski definition) is 4. The molecule has 0 bridgehead atoms. The van der Waals surface area contributed by atoms with E-state index in [1.165, 1.54) is 11.3 Å². The van der Waals surface area contributed by atoms with E-state index in [1.807, 2.05) is 6.08 Å². The number of carboxylic acids is 1. The summed E-state index contributed by atoms with van der Waals surface area (Å²) in [5.74, 6) is -0.899. The summed E-state index contributed by atoms with van der Waals surface area (Å²) in [6, 6.07) is 0. The first-order valence-electron chi connectivity index (χ1n) is 4.66. The van der Waals surface area contributed by atoms with Crippen LogP contribution in [0.2, 0.25) is 0 Å². The first-order chi connectivity index (χ1) is 7.18. The average molecular weight is 225 g/mol. The molecule has 2 heterocycles. The number of thiazole rings is 1. The summed E-state index contributed by atoms with van der Waals surface area (Å²) in [5.41, 5.74) is 1.69. The highest BCUT2D eigenvalue weighted by molar-refractivity contribution is 7.14. The second kappa shape index (κ2) is 4.12. The Morgan fingerprint density at radius 2 is 2.47 bits per heavy atom. The second-order valence-electron chi connectivity index (χ2n) is 3.29. The summed E-state index contributed by atoms with van der Waals surface area (Å²) in [4.78, 5) is 15.4. The van der Waals surface area contributed by atoms with Crippen molar-refractivity contribution in [1.29, 1.82) is 0 Å². The molecule has 0 radical (unpaired) electrons. The minimum atomic E-state index is -0.899. The van der Waals surface area contributed by atoms with Crippen molar-refractivity contribution in [2.75, 3.05) is 13.2 Å². The van der Waals surface area contributed by atoms with Gasteiger partial charge in [0.2, 0.25) is 0 Å². The molecule has 0 unspecified atom stereocenters. The number of aromatic carboxylic acids is 1. The van der Waals surface area contributed by atoms with Crippen molar-refractivity contribution < 1.29 is 14.6 Å². The van der Waals surface area contributed by atoms with Gasteiger partial charge in [0, 0.05) is 0 Å². The lowest BCUT2D eigenvalue weighted by Crippen LogP contribution is -2.03. The van der Waals surface area contributed by atoms with Gasteiger partial charge in [-0.15, -0.1) is 11.3 Å². The van der Waals surface area contributed by atoms with E-state index in [0.29, 0.717) is 23.8 Å². The number of aryl methyl sites for hydroxylation is 1. The highest BCUT2D eigenvalue weighted by atomic mass is 32.1. The Balaban J connectivity index is 2.33. The van der Waals surface area contributed by atoms with E-state index < -0.39 is 5.97 Å². The summed E-state index contributed by atoms with van der Waals surface area (Å²) >= 11 is 1.24. The molecule has 0 fully saturated rings. The molecule has 2 rings (SSSR count). The van der Waals surface area contributed by atoms with Crippen LogP contribution in [0.4, 0.5) is 0 Å². The van der Waals surface area contributed by atoms with Gasteiger partial charge in [0.15, 0.2) is 0 Å². The van der Waals surface area contributed by atoms with Crippen LogP contribution in [0.1, 0.15) is 26.8 Å². The minimum Gasteiger partial charge on any atom is -0.477 e. The van der Waals surface area contributed by atoms with Crippen molar-refractivity contribution in [1.82, 2.24) is 4.98 Å². The third-order valence-corrected chi connectivity index (χ3v) is 3.45. The lowest BCUT2D eigenvalue weighted by atomic mass is 10.2. The van der Waals surface area contributed by atoms with E-state index in [0.717, 1.165) is 17.0 Å². The molecule has 1 N–H and O–H groups in total. The predicted molar refractivity (Wildman–Crippen MR) is 57.2 cm³/mol. The number of hydrogen-bond donors (Lipinski definition) is 1. The molecule has 1 aromatic heterocycles. The van der Waals surface area contributed by atoms with Crippen LogP contribution in [0.3, 0.4) is 0 Å². The fourth-order valence-corrected chi connectivity index (χ4v) is 2.43. The minimum absolute atomic E-state index is 0.331. The Kier molecular flexibility index (Phi) is 2.83. The maximum Gasteiger partial charge on any atom is 0.347 e. The Bertz CT molecular complexity index is 422. The van der Waals surface area contributed by atoms with Crippen molar-refractivity contribution in [3.63, 3.8) is 0 Å². The molecule has 4 nitrogen and oxygen atoms in total. The number of carboxylic acid groups (broad SMARTS) is 1. The molecule has 80 valence electrons. The van der Waals surface area contributed by atoms with Gasteiger partial charge >= 0.3 is 5.97 Å². The molecule has 0 aliphatic carbocycles. The van der Waals surface area contributed by atoms with Crippen LogP contribution in [0.5, 0.6) is 0 Å². The maximum absolute atomic E-state index is 10.8. The van der Waals surface area contributed by atoms with Gasteiger partial charge in [-0.2, -0.15) is 0 Å². The highest BCUT2D eigenvalue weighted by Crippen LogP contribution is 2.27. The Hall–Kier alpha value is -1.20. The Morgan fingerprint density at radius 1 is 1.67 bits per heavy atom. The standard InChI is InChI=1S/C10H11NO3S/c1-6-8(10(12)13)15-9(11-6)7-2-4-14-5-3-7/h2H,3-5H2,1H3,(H,12,13). The first-order valence-corrected chi connectivity index (χ1v) is 5.48. The van der Waals surface area contributed by atoms with E-state index in [2.05, 4.69) is 4.98 Å². The van der Waals surface area contributed by atoms with Gasteiger partial charge in [-0.05, 0) is 18.9 Å². The van der Waals surface area contributed by atoms with Gasteiger partial charge in [0.25, 0.3) is 0 Å². The van der Waals surface area contributed by atoms with E-state index in [1.54, 1.807) is 6.92 Å². The molecular weight excluding hydrogens is 214 g/mol. The monoisotopic (exact) mass is 225 g/mol. The second-order valence-corrected chi connectivity index (χ2v) is 4.29. The van der Waals surface area contributed by atoms with Crippen molar-refractivity contribution >= 4 is 22.9 Å². The maximum atomic E-state index is 10.8. The molecule has 0 saturated carbocycles. The number of carbonyl (C=O) groups is 1. The third kappa shape index (κ3) is 2.08. The smallest absolute Gasteiger partial charge is 0.347 e. The predicted octanol–water partition coefficient (Wildman–Crippen LogP) is 1.95. The normalized spacial score (nSPS) is 16.2. The van der Waals surface area contributed by atoms with Crippen LogP contribution < -0.4 is 0 Å². The van der Waals surface area contributed by atoms with Gasteiger partial charge in [-0.3, -0.25) is 0 Å². The lowest BCUT2D eigenvalue weighted by molar-refractivity contribution is 0.0701. The van der Waals surface area contributed by atoms with Crippen LogP contribution in [0.25, 0.3) is 5.57 Å². The van der Waals surface area contributed by atoms with Crippen LogP contribution in [-0.4, -0.2) is 29.3 Å². The van der Waals surface area contributed by atoms with Crippen LogP contribution in [0, 0.1) is 6.92 Å². The van der Waals surface area contributed by atoms with Crippen molar-refractivity contribution in [3.8, 4) is 0 Å². The van der Waals surface area contributed by atoms with Crippen LogP contribution >= 0.6 is 11.3 Å². The number of rotatable bonds is 2. The Labute approximate surface area is 91.2 Å². The largest absolute Gasteiger partial charge is 0.477 e. The van der Waals surface area contributed by atoms with E-state index in [4.69, 9.17) is 9.84 Å². The number of aromatic nitrogens is 1. The van der Waals surface area contributed by atoms with Crippen molar-refractivity contribution in [3.05, 3.63) is 21.7 Å².